The lowest BCUT2D eigenvalue weighted by atomic mass is 9.88. The van der Waals surface area contributed by atoms with Gasteiger partial charge >= 0.3 is 0 Å². The Labute approximate surface area is 97.0 Å². The third-order valence-electron chi connectivity index (χ3n) is 3.21. The van der Waals surface area contributed by atoms with E-state index in [0.29, 0.717) is 11.0 Å². The molecular formula is C11H20N2OS. The van der Waals surface area contributed by atoms with E-state index in [1.54, 1.807) is 0 Å². The molecule has 1 saturated carbocycles. The van der Waals surface area contributed by atoms with Gasteiger partial charge in [-0.1, -0.05) is 26.1 Å². The second-order valence-electron chi connectivity index (χ2n) is 4.66. The first-order valence-corrected chi connectivity index (χ1v) is 5.92. The van der Waals surface area contributed by atoms with Gasteiger partial charge in [0.15, 0.2) is 0 Å². The van der Waals surface area contributed by atoms with Gasteiger partial charge in [0.25, 0.3) is 0 Å². The second-order valence-corrected chi connectivity index (χ2v) is 5.13. The highest BCUT2D eigenvalue weighted by atomic mass is 32.1. The minimum atomic E-state index is -0.300. The van der Waals surface area contributed by atoms with Crippen LogP contribution in [0.2, 0.25) is 0 Å². The van der Waals surface area contributed by atoms with Gasteiger partial charge < -0.3 is 10.6 Å². The van der Waals surface area contributed by atoms with Crippen LogP contribution in [0.1, 0.15) is 33.1 Å². The second kappa shape index (κ2) is 4.92. The molecule has 4 heteroatoms. The Balaban J connectivity index is 2.66. The van der Waals surface area contributed by atoms with E-state index >= 15 is 0 Å². The third-order valence-corrected chi connectivity index (χ3v) is 3.46. The third kappa shape index (κ3) is 2.68. The summed E-state index contributed by atoms with van der Waals surface area (Å²) in [6.07, 6.45) is 3.45. The van der Waals surface area contributed by atoms with Gasteiger partial charge in [-0.15, -0.1) is 0 Å². The van der Waals surface area contributed by atoms with Crippen LogP contribution in [0.15, 0.2) is 0 Å². The summed E-state index contributed by atoms with van der Waals surface area (Å²) in [5.74, 6) is -0.0367. The number of nitrogens with zero attached hydrogens (tertiary/aromatic N) is 1. The average molecular weight is 228 g/mol. The van der Waals surface area contributed by atoms with Crippen LogP contribution in [0.5, 0.6) is 0 Å². The number of hydrogen-bond donors (Lipinski definition) is 1. The van der Waals surface area contributed by atoms with E-state index in [4.69, 9.17) is 18.0 Å². The quantitative estimate of drug-likeness (QED) is 0.743. The molecule has 0 saturated heterocycles. The molecule has 0 bridgehead atoms. The molecule has 1 unspecified atom stereocenters. The SMILES string of the molecule is CC(C)C(C(=O)N(C)C1CCC1)C(N)=S. The van der Waals surface area contributed by atoms with Crippen LogP contribution in [0.25, 0.3) is 0 Å². The predicted octanol–water partition coefficient (Wildman–Crippen LogP) is 1.56. The summed E-state index contributed by atoms with van der Waals surface area (Å²) in [5.41, 5.74) is 5.62. The van der Waals surface area contributed by atoms with Crippen LogP contribution in [-0.4, -0.2) is 28.9 Å². The zero-order valence-electron chi connectivity index (χ0n) is 9.69. The normalized spacial score (nSPS) is 18.4. The van der Waals surface area contributed by atoms with E-state index in [0.717, 1.165) is 12.8 Å². The molecule has 1 aliphatic rings. The van der Waals surface area contributed by atoms with Gasteiger partial charge in [0.2, 0.25) is 5.91 Å². The van der Waals surface area contributed by atoms with Crippen molar-refractivity contribution < 1.29 is 4.79 Å². The molecule has 0 radical (unpaired) electrons. The van der Waals surface area contributed by atoms with Crippen molar-refractivity contribution in [3.05, 3.63) is 0 Å². The number of thiocarbonyl (C=S) groups is 1. The van der Waals surface area contributed by atoms with E-state index in [-0.39, 0.29) is 17.7 Å². The summed E-state index contributed by atoms with van der Waals surface area (Å²) >= 11 is 4.96. The monoisotopic (exact) mass is 228 g/mol. The molecule has 1 fully saturated rings. The lowest BCUT2D eigenvalue weighted by Gasteiger charge is -2.37. The molecule has 1 rings (SSSR count). The first-order chi connectivity index (χ1) is 6.95. The molecule has 0 aliphatic heterocycles. The van der Waals surface area contributed by atoms with Crippen LogP contribution < -0.4 is 5.73 Å². The zero-order valence-corrected chi connectivity index (χ0v) is 10.5. The molecule has 1 aliphatic carbocycles. The van der Waals surface area contributed by atoms with E-state index in [2.05, 4.69) is 0 Å². The van der Waals surface area contributed by atoms with Gasteiger partial charge in [-0.25, -0.2) is 0 Å². The molecule has 3 nitrogen and oxygen atoms in total. The van der Waals surface area contributed by atoms with Crippen LogP contribution in [0.3, 0.4) is 0 Å². The number of carbonyl (C=O) groups excluding carboxylic acids is 1. The van der Waals surface area contributed by atoms with Gasteiger partial charge in [0.05, 0.1) is 10.9 Å². The number of carbonyl (C=O) groups is 1. The van der Waals surface area contributed by atoms with Crippen molar-refractivity contribution in [1.29, 1.82) is 0 Å². The lowest BCUT2D eigenvalue weighted by Crippen LogP contribution is -2.48. The van der Waals surface area contributed by atoms with E-state index in [1.807, 2.05) is 25.8 Å². The van der Waals surface area contributed by atoms with Crippen molar-refractivity contribution in [2.45, 2.75) is 39.2 Å². The molecule has 0 spiro atoms. The highest BCUT2D eigenvalue weighted by molar-refractivity contribution is 7.80. The number of hydrogen-bond acceptors (Lipinski definition) is 2. The molecule has 0 aromatic heterocycles. The Bertz CT molecular complexity index is 261. The maximum atomic E-state index is 12.1. The maximum absolute atomic E-state index is 12.1. The van der Waals surface area contributed by atoms with Crippen molar-refractivity contribution in [2.24, 2.45) is 17.6 Å². The number of amides is 1. The zero-order chi connectivity index (χ0) is 11.6. The standard InChI is InChI=1S/C11H20N2OS/c1-7(2)9(10(12)15)11(14)13(3)8-5-4-6-8/h7-9H,4-6H2,1-3H3,(H2,12,15). The fourth-order valence-electron chi connectivity index (χ4n) is 1.91. The minimum absolute atomic E-state index is 0.0854. The molecule has 0 heterocycles. The van der Waals surface area contributed by atoms with Crippen molar-refractivity contribution >= 4 is 23.1 Å². The molecule has 15 heavy (non-hydrogen) atoms. The summed E-state index contributed by atoms with van der Waals surface area (Å²) < 4.78 is 0. The van der Waals surface area contributed by atoms with Gasteiger partial charge in [0, 0.05) is 13.1 Å². The fraction of sp³-hybridized carbons (Fsp3) is 0.818. The highest BCUT2D eigenvalue weighted by Gasteiger charge is 2.33. The highest BCUT2D eigenvalue weighted by Crippen LogP contribution is 2.26. The summed E-state index contributed by atoms with van der Waals surface area (Å²) in [6.45, 7) is 3.96. The topological polar surface area (TPSA) is 46.3 Å². The van der Waals surface area contributed by atoms with Crippen LogP contribution in [0, 0.1) is 11.8 Å². The first kappa shape index (κ1) is 12.4. The summed E-state index contributed by atoms with van der Waals surface area (Å²) in [4.78, 5) is 14.3. The molecule has 0 aromatic carbocycles. The van der Waals surface area contributed by atoms with Gasteiger partial charge in [0.1, 0.15) is 0 Å². The van der Waals surface area contributed by atoms with Crippen molar-refractivity contribution in [1.82, 2.24) is 4.90 Å². The predicted molar refractivity (Wildman–Crippen MR) is 65.5 cm³/mol. The molecule has 1 amide bonds. The fourth-order valence-corrected chi connectivity index (χ4v) is 2.28. The maximum Gasteiger partial charge on any atom is 0.232 e. The molecule has 86 valence electrons. The van der Waals surface area contributed by atoms with Crippen LogP contribution in [0.4, 0.5) is 0 Å². The van der Waals surface area contributed by atoms with E-state index in [1.165, 1.54) is 6.42 Å². The van der Waals surface area contributed by atoms with Crippen molar-refractivity contribution in [3.63, 3.8) is 0 Å². The molecule has 0 aromatic rings. The summed E-state index contributed by atoms with van der Waals surface area (Å²) in [7, 11) is 1.86. The Morgan fingerprint density at radius 2 is 2.00 bits per heavy atom. The van der Waals surface area contributed by atoms with Crippen molar-refractivity contribution in [3.8, 4) is 0 Å². The first-order valence-electron chi connectivity index (χ1n) is 5.51. The van der Waals surface area contributed by atoms with Crippen LogP contribution in [-0.2, 0) is 4.79 Å². The molecular weight excluding hydrogens is 208 g/mol. The van der Waals surface area contributed by atoms with Crippen LogP contribution >= 0.6 is 12.2 Å². The van der Waals surface area contributed by atoms with E-state index < -0.39 is 0 Å². The minimum Gasteiger partial charge on any atom is -0.393 e. The Hall–Kier alpha value is -0.640. The molecule has 1 atom stereocenters. The average Bonchev–Trinajstić information content (AvgIpc) is 1.98. The van der Waals surface area contributed by atoms with Gasteiger partial charge in [-0.05, 0) is 25.2 Å². The molecule has 2 N–H and O–H groups in total. The van der Waals surface area contributed by atoms with Gasteiger partial charge in [-0.2, -0.15) is 0 Å². The van der Waals surface area contributed by atoms with E-state index in [9.17, 15) is 4.79 Å². The lowest BCUT2D eigenvalue weighted by molar-refractivity contribution is -0.136. The number of rotatable bonds is 4. The smallest absolute Gasteiger partial charge is 0.232 e. The van der Waals surface area contributed by atoms with Crippen molar-refractivity contribution in [2.75, 3.05) is 7.05 Å². The number of nitrogens with two attached hydrogens (primary N) is 1. The van der Waals surface area contributed by atoms with Gasteiger partial charge in [-0.3, -0.25) is 4.79 Å². The summed E-state index contributed by atoms with van der Waals surface area (Å²) in [6, 6.07) is 0.410. The summed E-state index contributed by atoms with van der Waals surface area (Å²) in [5, 5.41) is 0. The Kier molecular flexibility index (Phi) is 4.08. The largest absolute Gasteiger partial charge is 0.393 e. The Morgan fingerprint density at radius 3 is 2.27 bits per heavy atom. The Morgan fingerprint density at radius 1 is 1.47 bits per heavy atom.